The third-order valence-corrected chi connectivity index (χ3v) is 5.16. The summed E-state index contributed by atoms with van der Waals surface area (Å²) in [7, 11) is -3.29. The highest BCUT2D eigenvalue weighted by Gasteiger charge is 2.26. The maximum Gasteiger partial charge on any atom is 0.243 e. The summed E-state index contributed by atoms with van der Waals surface area (Å²) in [6.45, 7) is 1.43. The minimum atomic E-state index is -3.29. The molecule has 1 fully saturated rings. The average Bonchev–Trinajstić information content (AvgIpc) is 2.91. The lowest BCUT2D eigenvalue weighted by molar-refractivity contribution is 0.288. The number of hydrogen-bond acceptors (Lipinski definition) is 3. The molecule has 0 unspecified atom stereocenters. The Morgan fingerprint density at radius 2 is 1.72 bits per heavy atom. The molecule has 1 N–H and O–H groups in total. The summed E-state index contributed by atoms with van der Waals surface area (Å²) in [5, 5.41) is 8.75. The average molecular weight is 269 g/mol. The lowest BCUT2D eigenvalue weighted by Crippen LogP contribution is -2.27. The fourth-order valence-electron chi connectivity index (χ4n) is 2.19. The van der Waals surface area contributed by atoms with Gasteiger partial charge in [-0.1, -0.05) is 12.1 Å². The largest absolute Gasteiger partial charge is 0.396 e. The van der Waals surface area contributed by atoms with E-state index in [1.807, 2.05) is 12.1 Å². The van der Waals surface area contributed by atoms with Crippen molar-refractivity contribution in [2.45, 2.75) is 30.6 Å². The van der Waals surface area contributed by atoms with Crippen LogP contribution in [0.15, 0.2) is 29.2 Å². The van der Waals surface area contributed by atoms with Crippen LogP contribution in [0.4, 0.5) is 0 Å². The smallest absolute Gasteiger partial charge is 0.243 e. The zero-order valence-electron chi connectivity index (χ0n) is 10.4. The van der Waals surface area contributed by atoms with Gasteiger partial charge in [-0.15, -0.1) is 0 Å². The Labute approximate surface area is 108 Å². The molecule has 0 spiro atoms. The fraction of sp³-hybridized carbons (Fsp3) is 0.538. The number of hydrogen-bond donors (Lipinski definition) is 1. The Bertz CT molecular complexity index is 475. The highest BCUT2D eigenvalue weighted by molar-refractivity contribution is 7.89. The Kier molecular flexibility index (Phi) is 4.37. The minimum absolute atomic E-state index is 0.161. The van der Waals surface area contributed by atoms with Crippen molar-refractivity contribution in [1.29, 1.82) is 0 Å². The van der Waals surface area contributed by atoms with Gasteiger partial charge in [0.15, 0.2) is 0 Å². The quantitative estimate of drug-likeness (QED) is 0.879. The van der Waals surface area contributed by atoms with Crippen molar-refractivity contribution < 1.29 is 13.5 Å². The van der Waals surface area contributed by atoms with Crippen LogP contribution in [-0.4, -0.2) is 37.5 Å². The van der Waals surface area contributed by atoms with Crippen LogP contribution in [0.1, 0.15) is 24.8 Å². The first-order valence-electron chi connectivity index (χ1n) is 6.34. The van der Waals surface area contributed by atoms with Crippen LogP contribution < -0.4 is 0 Å². The summed E-state index contributed by atoms with van der Waals surface area (Å²) in [6.07, 6.45) is 3.39. The molecule has 0 aliphatic carbocycles. The predicted octanol–water partition coefficient (Wildman–Crippen LogP) is 1.40. The van der Waals surface area contributed by atoms with E-state index < -0.39 is 10.0 Å². The summed E-state index contributed by atoms with van der Waals surface area (Å²) >= 11 is 0. The van der Waals surface area contributed by atoms with E-state index in [1.54, 1.807) is 16.4 Å². The van der Waals surface area contributed by atoms with Crippen LogP contribution in [-0.2, 0) is 16.4 Å². The van der Waals surface area contributed by atoms with Gasteiger partial charge in [0.25, 0.3) is 0 Å². The number of rotatable bonds is 5. The molecule has 2 rings (SSSR count). The molecule has 100 valence electrons. The number of aliphatic hydroxyl groups is 1. The van der Waals surface area contributed by atoms with Crippen molar-refractivity contribution in [2.24, 2.45) is 0 Å². The van der Waals surface area contributed by atoms with Gasteiger partial charge in [0.1, 0.15) is 0 Å². The third kappa shape index (κ3) is 2.91. The first kappa shape index (κ1) is 13.5. The van der Waals surface area contributed by atoms with Crippen LogP contribution in [0.25, 0.3) is 0 Å². The van der Waals surface area contributed by atoms with Crippen LogP contribution in [0, 0.1) is 0 Å². The van der Waals surface area contributed by atoms with Crippen LogP contribution in [0.2, 0.25) is 0 Å². The highest BCUT2D eigenvalue weighted by Crippen LogP contribution is 2.21. The first-order chi connectivity index (χ1) is 8.64. The number of nitrogens with zero attached hydrogens (tertiary/aromatic N) is 1. The number of benzene rings is 1. The van der Waals surface area contributed by atoms with Crippen molar-refractivity contribution in [1.82, 2.24) is 4.31 Å². The number of aliphatic hydroxyl groups excluding tert-OH is 1. The van der Waals surface area contributed by atoms with Crippen molar-refractivity contribution >= 4 is 10.0 Å². The molecular weight excluding hydrogens is 250 g/mol. The van der Waals surface area contributed by atoms with E-state index in [0.717, 1.165) is 24.8 Å². The summed E-state index contributed by atoms with van der Waals surface area (Å²) in [5.74, 6) is 0. The van der Waals surface area contributed by atoms with Gasteiger partial charge in [-0.3, -0.25) is 0 Å². The normalized spacial score (nSPS) is 17.2. The lowest BCUT2D eigenvalue weighted by atomic mass is 10.1. The first-order valence-corrected chi connectivity index (χ1v) is 7.78. The van der Waals surface area contributed by atoms with Crippen LogP contribution >= 0.6 is 0 Å². The van der Waals surface area contributed by atoms with Crippen molar-refractivity contribution in [3.8, 4) is 0 Å². The van der Waals surface area contributed by atoms with Gasteiger partial charge >= 0.3 is 0 Å². The second kappa shape index (κ2) is 5.82. The second-order valence-electron chi connectivity index (χ2n) is 4.58. The topological polar surface area (TPSA) is 57.6 Å². The van der Waals surface area contributed by atoms with Gasteiger partial charge in [0.05, 0.1) is 4.90 Å². The number of sulfonamides is 1. The predicted molar refractivity (Wildman–Crippen MR) is 69.8 cm³/mol. The maximum absolute atomic E-state index is 12.2. The molecule has 0 amide bonds. The molecule has 4 nitrogen and oxygen atoms in total. The second-order valence-corrected chi connectivity index (χ2v) is 6.52. The van der Waals surface area contributed by atoms with E-state index >= 15 is 0 Å². The van der Waals surface area contributed by atoms with Gasteiger partial charge in [-0.05, 0) is 43.4 Å². The molecule has 1 aromatic carbocycles. The molecule has 0 aromatic heterocycles. The van der Waals surface area contributed by atoms with Gasteiger partial charge in [-0.2, -0.15) is 4.31 Å². The maximum atomic E-state index is 12.2. The summed E-state index contributed by atoms with van der Waals surface area (Å²) < 4.78 is 26.0. The molecular formula is C13H19NO3S. The van der Waals surface area contributed by atoms with Crippen molar-refractivity contribution in [3.63, 3.8) is 0 Å². The van der Waals surface area contributed by atoms with Gasteiger partial charge in [-0.25, -0.2) is 8.42 Å². The van der Waals surface area contributed by atoms with E-state index in [0.29, 0.717) is 24.4 Å². The molecule has 1 saturated heterocycles. The zero-order chi connectivity index (χ0) is 13.0. The Balaban J connectivity index is 2.13. The molecule has 1 heterocycles. The molecule has 0 radical (unpaired) electrons. The molecule has 18 heavy (non-hydrogen) atoms. The van der Waals surface area contributed by atoms with Crippen molar-refractivity contribution in [3.05, 3.63) is 29.8 Å². The van der Waals surface area contributed by atoms with E-state index in [9.17, 15) is 8.42 Å². The Morgan fingerprint density at radius 1 is 1.11 bits per heavy atom. The van der Waals surface area contributed by atoms with E-state index in [1.165, 1.54) is 0 Å². The zero-order valence-corrected chi connectivity index (χ0v) is 11.2. The summed E-state index contributed by atoms with van der Waals surface area (Å²) in [5.41, 5.74) is 1.06. The van der Waals surface area contributed by atoms with Gasteiger partial charge in [0, 0.05) is 19.7 Å². The van der Waals surface area contributed by atoms with E-state index in [2.05, 4.69) is 0 Å². The van der Waals surface area contributed by atoms with E-state index in [-0.39, 0.29) is 6.61 Å². The van der Waals surface area contributed by atoms with Crippen LogP contribution in [0.5, 0.6) is 0 Å². The lowest BCUT2D eigenvalue weighted by Gasteiger charge is -2.15. The molecule has 1 aromatic rings. The van der Waals surface area contributed by atoms with Crippen LogP contribution in [0.3, 0.4) is 0 Å². The van der Waals surface area contributed by atoms with Gasteiger partial charge in [0.2, 0.25) is 10.0 Å². The summed E-state index contributed by atoms with van der Waals surface area (Å²) in [6, 6.07) is 7.00. The SMILES string of the molecule is O=S(=O)(c1ccc(CCCO)cc1)N1CCCC1. The molecule has 0 atom stereocenters. The minimum Gasteiger partial charge on any atom is -0.396 e. The molecule has 5 heteroatoms. The van der Waals surface area contributed by atoms with Gasteiger partial charge < -0.3 is 5.11 Å². The standard InChI is InChI=1S/C13H19NO3S/c15-11-3-4-12-5-7-13(8-6-12)18(16,17)14-9-1-2-10-14/h5-8,15H,1-4,9-11H2. The Morgan fingerprint density at radius 3 is 2.28 bits per heavy atom. The molecule has 1 aliphatic rings. The monoisotopic (exact) mass is 269 g/mol. The third-order valence-electron chi connectivity index (χ3n) is 3.25. The number of aryl methyl sites for hydroxylation is 1. The molecule has 0 saturated carbocycles. The molecule has 0 bridgehead atoms. The van der Waals surface area contributed by atoms with Crippen molar-refractivity contribution in [2.75, 3.05) is 19.7 Å². The summed E-state index contributed by atoms with van der Waals surface area (Å²) in [4.78, 5) is 0.372. The fourth-order valence-corrected chi connectivity index (χ4v) is 3.71. The highest BCUT2D eigenvalue weighted by atomic mass is 32.2. The Hall–Kier alpha value is -0.910. The van der Waals surface area contributed by atoms with E-state index in [4.69, 9.17) is 5.11 Å². The molecule has 1 aliphatic heterocycles.